The number of rotatable bonds is 6. The first-order chi connectivity index (χ1) is 18.5. The van der Waals surface area contributed by atoms with Gasteiger partial charge in [-0.2, -0.15) is 12.6 Å². The molecular weight excluding hydrogens is 494 g/mol. The van der Waals surface area contributed by atoms with Crippen LogP contribution >= 0.6 is 12.6 Å². The number of imide groups is 1. The van der Waals surface area contributed by atoms with Gasteiger partial charge in [0.2, 0.25) is 11.8 Å². The Morgan fingerprint density at radius 1 is 0.921 bits per heavy atom. The number of carbonyl (C=O) groups excluding carboxylic acids is 2. The molecule has 1 N–H and O–H groups in total. The van der Waals surface area contributed by atoms with Crippen LogP contribution < -0.4 is 5.32 Å². The fraction of sp³-hybridized carbons (Fsp3) is 0.367. The van der Waals surface area contributed by atoms with Gasteiger partial charge in [-0.15, -0.1) is 0 Å². The minimum atomic E-state index is -0.305. The van der Waals surface area contributed by atoms with Crippen LogP contribution in [0.5, 0.6) is 0 Å². The number of nitrogens with zero attached hydrogens (tertiary/aromatic N) is 4. The van der Waals surface area contributed by atoms with Crippen LogP contribution in [0.4, 0.5) is 0 Å². The predicted molar refractivity (Wildman–Crippen MR) is 150 cm³/mol. The molecule has 38 heavy (non-hydrogen) atoms. The van der Waals surface area contributed by atoms with Crippen LogP contribution in [0.25, 0.3) is 11.1 Å². The molecule has 2 atom stereocenters. The van der Waals surface area contributed by atoms with Gasteiger partial charge in [0.05, 0.1) is 17.1 Å². The first-order valence-electron chi connectivity index (χ1n) is 13.4. The number of hydrogen-bond acceptors (Lipinski definition) is 7. The van der Waals surface area contributed by atoms with E-state index in [4.69, 9.17) is 17.6 Å². The van der Waals surface area contributed by atoms with Crippen LogP contribution in [-0.2, 0) is 29.2 Å². The molecule has 0 bridgehead atoms. The van der Waals surface area contributed by atoms with Gasteiger partial charge in [-0.05, 0) is 34.7 Å². The summed E-state index contributed by atoms with van der Waals surface area (Å²) in [6, 6.07) is 21.0. The number of thiol groups is 1. The van der Waals surface area contributed by atoms with Gasteiger partial charge < -0.3 is 0 Å². The van der Waals surface area contributed by atoms with Crippen molar-refractivity contribution in [1.82, 2.24) is 25.0 Å². The van der Waals surface area contributed by atoms with Gasteiger partial charge >= 0.3 is 0 Å². The van der Waals surface area contributed by atoms with E-state index in [1.54, 1.807) is 0 Å². The van der Waals surface area contributed by atoms with Crippen LogP contribution in [-0.4, -0.2) is 63.7 Å². The number of aromatic nitrogens is 1. The number of piperazine rings is 1. The van der Waals surface area contributed by atoms with Gasteiger partial charge in [-0.1, -0.05) is 54.6 Å². The van der Waals surface area contributed by atoms with Crippen molar-refractivity contribution in [3.63, 3.8) is 0 Å². The van der Waals surface area contributed by atoms with Gasteiger partial charge in [0, 0.05) is 64.0 Å². The third-order valence-corrected chi connectivity index (χ3v) is 8.56. The standard InChI is InChI=1S/C30H33N5O2S/c36-28-11-10-27(29(37)32-28)35-19-23-9-8-21(17-25(23)30(35)38)18-33-13-15-34(16-14-33)20-26-24(7-4-12-31-26)22-5-2-1-3-6-22/h1-9,12,17,27,30,38H,10-11,13-16,18-20H2,(H,32,36,37). The minimum absolute atomic E-state index is 0.136. The lowest BCUT2D eigenvalue weighted by Crippen LogP contribution is -2.51. The summed E-state index contributed by atoms with van der Waals surface area (Å²) >= 11 is 4.88. The number of piperidine rings is 1. The molecule has 2 fully saturated rings. The highest BCUT2D eigenvalue weighted by molar-refractivity contribution is 7.80. The summed E-state index contributed by atoms with van der Waals surface area (Å²) < 4.78 is 0. The van der Waals surface area contributed by atoms with Gasteiger partial charge in [0.25, 0.3) is 0 Å². The highest BCUT2D eigenvalue weighted by Crippen LogP contribution is 2.39. The van der Waals surface area contributed by atoms with E-state index in [0.29, 0.717) is 19.4 Å². The Morgan fingerprint density at radius 3 is 2.45 bits per heavy atom. The van der Waals surface area contributed by atoms with Crippen molar-refractivity contribution in [2.45, 2.75) is 43.9 Å². The Kier molecular flexibility index (Phi) is 7.30. The lowest BCUT2D eigenvalue weighted by molar-refractivity contribution is -0.137. The quantitative estimate of drug-likeness (QED) is 0.377. The molecule has 7 nitrogen and oxygen atoms in total. The van der Waals surface area contributed by atoms with Crippen LogP contribution in [0.3, 0.4) is 0 Å². The second kappa shape index (κ2) is 11.0. The van der Waals surface area contributed by atoms with Crippen LogP contribution in [0.15, 0.2) is 66.9 Å². The minimum Gasteiger partial charge on any atom is -0.297 e. The van der Waals surface area contributed by atoms with Crippen molar-refractivity contribution < 1.29 is 9.59 Å². The molecular formula is C30H33N5O2S. The molecule has 2 amide bonds. The first kappa shape index (κ1) is 25.2. The van der Waals surface area contributed by atoms with E-state index in [0.717, 1.165) is 45.0 Å². The summed E-state index contributed by atoms with van der Waals surface area (Å²) in [5, 5.41) is 2.34. The molecule has 0 spiro atoms. The molecule has 3 aliphatic rings. The molecule has 3 aromatic rings. The van der Waals surface area contributed by atoms with Crippen LogP contribution in [0.1, 0.15) is 40.6 Å². The fourth-order valence-corrected chi connectivity index (χ4v) is 6.37. The molecule has 2 aromatic carbocycles. The summed E-state index contributed by atoms with van der Waals surface area (Å²) in [6.07, 6.45) is 2.83. The molecule has 196 valence electrons. The maximum absolute atomic E-state index is 12.4. The lowest BCUT2D eigenvalue weighted by atomic mass is 10.0. The van der Waals surface area contributed by atoms with Crippen molar-refractivity contribution >= 4 is 24.4 Å². The Morgan fingerprint density at radius 2 is 1.68 bits per heavy atom. The molecule has 1 aromatic heterocycles. The molecule has 2 unspecified atom stereocenters. The number of amides is 2. The molecule has 3 aliphatic heterocycles. The number of nitrogens with one attached hydrogen (secondary N) is 1. The monoisotopic (exact) mass is 527 g/mol. The Balaban J connectivity index is 1.06. The average molecular weight is 528 g/mol. The van der Waals surface area contributed by atoms with Crippen molar-refractivity contribution in [3.05, 3.63) is 89.2 Å². The Bertz CT molecular complexity index is 1330. The average Bonchev–Trinajstić information content (AvgIpc) is 3.26. The molecule has 2 saturated heterocycles. The van der Waals surface area contributed by atoms with Crippen LogP contribution in [0, 0.1) is 0 Å². The molecule has 0 aliphatic carbocycles. The van der Waals surface area contributed by atoms with Crippen LogP contribution in [0.2, 0.25) is 0 Å². The number of hydrogen-bond donors (Lipinski definition) is 2. The van der Waals surface area contributed by atoms with Gasteiger partial charge in [-0.25, -0.2) is 0 Å². The van der Waals surface area contributed by atoms with E-state index in [-0.39, 0.29) is 23.2 Å². The number of pyridine rings is 1. The van der Waals surface area contributed by atoms with Gasteiger partial charge in [0.1, 0.15) is 0 Å². The zero-order valence-corrected chi connectivity index (χ0v) is 22.3. The number of fused-ring (bicyclic) bond motifs is 1. The molecule has 6 rings (SSSR count). The largest absolute Gasteiger partial charge is 0.297 e. The predicted octanol–water partition coefficient (Wildman–Crippen LogP) is 3.62. The summed E-state index contributed by atoms with van der Waals surface area (Å²) in [5.74, 6) is -0.384. The number of benzene rings is 2. The SMILES string of the molecule is O=C1CCC(N2Cc3ccc(CN4CCN(Cc5ncccc5-c5ccccc5)CC4)cc3C2S)C(=O)N1. The van der Waals surface area contributed by atoms with E-state index >= 15 is 0 Å². The summed E-state index contributed by atoms with van der Waals surface area (Å²) in [5.41, 5.74) is 7.22. The molecule has 0 radical (unpaired) electrons. The molecule has 8 heteroatoms. The van der Waals surface area contributed by atoms with E-state index in [1.165, 1.54) is 27.8 Å². The van der Waals surface area contributed by atoms with Gasteiger partial charge in [0.15, 0.2) is 0 Å². The molecule has 0 saturated carbocycles. The Hall–Kier alpha value is -3.04. The third kappa shape index (κ3) is 5.27. The van der Waals surface area contributed by atoms with Crippen molar-refractivity contribution in [1.29, 1.82) is 0 Å². The van der Waals surface area contributed by atoms with Gasteiger partial charge in [-0.3, -0.25) is 34.6 Å². The highest BCUT2D eigenvalue weighted by Gasteiger charge is 2.39. The topological polar surface area (TPSA) is 68.8 Å². The maximum atomic E-state index is 12.4. The van der Waals surface area contributed by atoms with E-state index < -0.39 is 0 Å². The van der Waals surface area contributed by atoms with E-state index in [9.17, 15) is 9.59 Å². The van der Waals surface area contributed by atoms with E-state index in [2.05, 4.69) is 68.5 Å². The smallest absolute Gasteiger partial charge is 0.243 e. The Labute approximate surface area is 229 Å². The fourth-order valence-electron chi connectivity index (χ4n) is 5.89. The number of carbonyl (C=O) groups is 2. The second-order valence-electron chi connectivity index (χ2n) is 10.5. The normalized spacial score (nSPS) is 22.9. The maximum Gasteiger partial charge on any atom is 0.243 e. The van der Waals surface area contributed by atoms with E-state index in [1.807, 2.05) is 18.3 Å². The first-order valence-corrected chi connectivity index (χ1v) is 13.9. The lowest BCUT2D eigenvalue weighted by Gasteiger charge is -2.35. The second-order valence-corrected chi connectivity index (χ2v) is 11.0. The summed E-state index contributed by atoms with van der Waals surface area (Å²) in [6.45, 7) is 6.48. The zero-order valence-electron chi connectivity index (χ0n) is 21.4. The van der Waals surface area contributed by atoms with Crippen molar-refractivity contribution in [2.75, 3.05) is 26.2 Å². The van der Waals surface area contributed by atoms with Crippen molar-refractivity contribution in [3.8, 4) is 11.1 Å². The summed E-state index contributed by atoms with van der Waals surface area (Å²) in [7, 11) is 0. The van der Waals surface area contributed by atoms with Crippen molar-refractivity contribution in [2.24, 2.45) is 0 Å². The third-order valence-electron chi connectivity index (χ3n) is 7.99. The zero-order chi connectivity index (χ0) is 26.1. The highest BCUT2D eigenvalue weighted by atomic mass is 32.1. The molecule has 4 heterocycles. The summed E-state index contributed by atoms with van der Waals surface area (Å²) in [4.78, 5) is 35.8.